The Hall–Kier alpha value is -1.04. The van der Waals surface area contributed by atoms with E-state index in [4.69, 9.17) is 5.53 Å². The molecule has 0 aromatic heterocycles. The minimum Gasteiger partial charge on any atom is -0.310 e. The van der Waals surface area contributed by atoms with Gasteiger partial charge in [0.2, 0.25) is 5.91 Å². The zero-order chi connectivity index (χ0) is 13.1. The van der Waals surface area contributed by atoms with Gasteiger partial charge in [-0.05, 0) is 55.4 Å². The van der Waals surface area contributed by atoms with Crippen LogP contribution in [0.15, 0.2) is 32.3 Å². The van der Waals surface area contributed by atoms with Crippen LogP contribution in [0.2, 0.25) is 0 Å². The van der Waals surface area contributed by atoms with Crippen molar-refractivity contribution >= 4 is 43.5 Å². The van der Waals surface area contributed by atoms with Gasteiger partial charge in [0, 0.05) is 33.4 Å². The molecule has 7 heteroatoms. The van der Waals surface area contributed by atoms with E-state index < -0.39 is 0 Å². The second kappa shape index (κ2) is 5.73. The first kappa shape index (κ1) is 13.4. The lowest BCUT2D eigenvalue weighted by molar-refractivity contribution is -0.117. The second-order valence-corrected chi connectivity index (χ2v) is 5.77. The van der Waals surface area contributed by atoms with Crippen molar-refractivity contribution < 1.29 is 4.79 Å². The van der Waals surface area contributed by atoms with Crippen LogP contribution >= 0.6 is 31.9 Å². The van der Waals surface area contributed by atoms with Gasteiger partial charge in [0.25, 0.3) is 0 Å². The summed E-state index contributed by atoms with van der Waals surface area (Å²) in [4.78, 5) is 16.5. The highest BCUT2D eigenvalue weighted by atomic mass is 79.9. The molecule has 18 heavy (non-hydrogen) atoms. The SMILES string of the molecule is [N-]=[N+]=NCC1CC(=O)N(c2c(Br)cccc2Br)C1. The van der Waals surface area contributed by atoms with E-state index in [0.29, 0.717) is 19.5 Å². The third-order valence-corrected chi connectivity index (χ3v) is 4.10. The van der Waals surface area contributed by atoms with Crippen LogP contribution in [0.5, 0.6) is 0 Å². The molecule has 2 rings (SSSR count). The van der Waals surface area contributed by atoms with Crippen molar-refractivity contribution in [1.29, 1.82) is 0 Å². The molecule has 1 aliphatic heterocycles. The highest BCUT2D eigenvalue weighted by molar-refractivity contribution is 9.11. The zero-order valence-corrected chi connectivity index (χ0v) is 12.6. The van der Waals surface area contributed by atoms with Crippen molar-refractivity contribution in [3.8, 4) is 0 Å². The highest BCUT2D eigenvalue weighted by Crippen LogP contribution is 2.37. The van der Waals surface area contributed by atoms with E-state index in [9.17, 15) is 4.79 Å². The number of azide groups is 1. The molecule has 0 aliphatic carbocycles. The van der Waals surface area contributed by atoms with Gasteiger partial charge in [-0.1, -0.05) is 11.2 Å². The molecule has 0 radical (unpaired) electrons. The average Bonchev–Trinajstić information content (AvgIpc) is 2.68. The van der Waals surface area contributed by atoms with Crippen LogP contribution in [0, 0.1) is 5.92 Å². The minimum atomic E-state index is 0.0562. The number of anilines is 1. The van der Waals surface area contributed by atoms with Crippen molar-refractivity contribution in [2.75, 3.05) is 18.0 Å². The molecule has 1 aromatic rings. The summed E-state index contributed by atoms with van der Waals surface area (Å²) in [5.74, 6) is 0.146. The monoisotopic (exact) mass is 372 g/mol. The molecule has 0 spiro atoms. The van der Waals surface area contributed by atoms with Gasteiger partial charge in [-0.15, -0.1) is 0 Å². The van der Waals surface area contributed by atoms with Crippen LogP contribution in [0.4, 0.5) is 5.69 Å². The third kappa shape index (κ3) is 2.68. The highest BCUT2D eigenvalue weighted by Gasteiger charge is 2.32. The summed E-state index contributed by atoms with van der Waals surface area (Å²) in [5, 5.41) is 3.54. The maximum absolute atomic E-state index is 12.0. The summed E-state index contributed by atoms with van der Waals surface area (Å²) in [6.07, 6.45) is 0.423. The quantitative estimate of drug-likeness (QED) is 0.450. The van der Waals surface area contributed by atoms with E-state index >= 15 is 0 Å². The maximum atomic E-state index is 12.0. The number of halogens is 2. The molecule has 0 bridgehead atoms. The van der Waals surface area contributed by atoms with E-state index in [1.807, 2.05) is 18.2 Å². The molecule has 94 valence electrons. The summed E-state index contributed by atoms with van der Waals surface area (Å²) in [5.41, 5.74) is 9.15. The van der Waals surface area contributed by atoms with E-state index in [2.05, 4.69) is 41.9 Å². The summed E-state index contributed by atoms with van der Waals surface area (Å²) < 4.78 is 1.74. The first-order valence-corrected chi connectivity index (χ1v) is 6.97. The van der Waals surface area contributed by atoms with Crippen LogP contribution in [-0.2, 0) is 4.79 Å². The fraction of sp³-hybridized carbons (Fsp3) is 0.364. The van der Waals surface area contributed by atoms with Crippen LogP contribution in [0.1, 0.15) is 6.42 Å². The number of carbonyl (C=O) groups is 1. The van der Waals surface area contributed by atoms with Gasteiger partial charge in [-0.25, -0.2) is 0 Å². The Balaban J connectivity index is 2.24. The van der Waals surface area contributed by atoms with Gasteiger partial charge in [0.05, 0.1) is 5.69 Å². The molecule has 0 N–H and O–H groups in total. The summed E-state index contributed by atoms with van der Waals surface area (Å²) in [6.45, 7) is 0.944. The fourth-order valence-electron chi connectivity index (χ4n) is 2.02. The van der Waals surface area contributed by atoms with Crippen molar-refractivity contribution in [2.24, 2.45) is 11.0 Å². The first-order chi connectivity index (χ1) is 8.63. The predicted molar refractivity (Wildman–Crippen MR) is 76.3 cm³/mol. The van der Waals surface area contributed by atoms with Crippen molar-refractivity contribution in [3.05, 3.63) is 37.6 Å². The van der Waals surface area contributed by atoms with Crippen LogP contribution in [0.3, 0.4) is 0 Å². The molecule has 1 aromatic carbocycles. The van der Waals surface area contributed by atoms with Crippen LogP contribution < -0.4 is 4.90 Å². The number of nitrogens with zero attached hydrogens (tertiary/aromatic N) is 4. The summed E-state index contributed by atoms with van der Waals surface area (Å²) in [7, 11) is 0. The van der Waals surface area contributed by atoms with E-state index in [-0.39, 0.29) is 11.8 Å². The van der Waals surface area contributed by atoms with Gasteiger partial charge in [0.1, 0.15) is 0 Å². The largest absolute Gasteiger partial charge is 0.310 e. The maximum Gasteiger partial charge on any atom is 0.227 e. The number of amides is 1. The summed E-state index contributed by atoms with van der Waals surface area (Å²) >= 11 is 6.90. The average molecular weight is 374 g/mol. The van der Waals surface area contributed by atoms with Gasteiger partial charge < -0.3 is 4.90 Å². The standard InChI is InChI=1S/C11H10Br2N4O/c12-8-2-1-3-9(13)11(8)17-6-7(4-10(17)18)5-15-16-14/h1-3,7H,4-6H2. The van der Waals surface area contributed by atoms with E-state index in [1.54, 1.807) is 4.90 Å². The number of benzene rings is 1. The van der Waals surface area contributed by atoms with Crippen LogP contribution in [-0.4, -0.2) is 19.0 Å². The normalized spacial score (nSPS) is 18.9. The number of carbonyl (C=O) groups excluding carboxylic acids is 1. The van der Waals surface area contributed by atoms with E-state index in [1.165, 1.54) is 0 Å². The molecule has 5 nitrogen and oxygen atoms in total. The van der Waals surface area contributed by atoms with Crippen molar-refractivity contribution in [3.63, 3.8) is 0 Å². The van der Waals surface area contributed by atoms with Crippen molar-refractivity contribution in [1.82, 2.24) is 0 Å². The van der Waals surface area contributed by atoms with Gasteiger partial charge in [0.15, 0.2) is 0 Å². The molecule has 0 saturated carbocycles. The zero-order valence-electron chi connectivity index (χ0n) is 9.38. The third-order valence-electron chi connectivity index (χ3n) is 2.82. The Morgan fingerprint density at radius 1 is 1.44 bits per heavy atom. The number of para-hydroxylation sites is 1. The Morgan fingerprint density at radius 3 is 2.72 bits per heavy atom. The molecule has 1 amide bonds. The molecule has 1 heterocycles. The van der Waals surface area contributed by atoms with Crippen LogP contribution in [0.25, 0.3) is 10.4 Å². The lowest BCUT2D eigenvalue weighted by atomic mass is 10.1. The molecule has 1 aliphatic rings. The number of rotatable bonds is 3. The minimum absolute atomic E-state index is 0.0562. The smallest absolute Gasteiger partial charge is 0.227 e. The molecule has 1 atom stereocenters. The fourth-order valence-corrected chi connectivity index (χ4v) is 3.45. The Morgan fingerprint density at radius 2 is 2.11 bits per heavy atom. The lowest BCUT2D eigenvalue weighted by Gasteiger charge is -2.19. The van der Waals surface area contributed by atoms with Crippen molar-refractivity contribution in [2.45, 2.75) is 6.42 Å². The number of hydrogen-bond acceptors (Lipinski definition) is 2. The second-order valence-electron chi connectivity index (χ2n) is 4.06. The lowest BCUT2D eigenvalue weighted by Crippen LogP contribution is -2.25. The van der Waals surface area contributed by atoms with Gasteiger partial charge in [-0.2, -0.15) is 0 Å². The van der Waals surface area contributed by atoms with Gasteiger partial charge in [-0.3, -0.25) is 4.79 Å². The Kier molecular flexibility index (Phi) is 4.27. The predicted octanol–water partition coefficient (Wildman–Crippen LogP) is 3.87. The summed E-state index contributed by atoms with van der Waals surface area (Å²) in [6, 6.07) is 5.69. The van der Waals surface area contributed by atoms with E-state index in [0.717, 1.165) is 14.6 Å². The molecule has 1 fully saturated rings. The molecular formula is C11H10Br2N4O. The van der Waals surface area contributed by atoms with Gasteiger partial charge >= 0.3 is 0 Å². The number of hydrogen-bond donors (Lipinski definition) is 0. The molecular weight excluding hydrogens is 364 g/mol. The first-order valence-electron chi connectivity index (χ1n) is 5.38. The molecule has 1 saturated heterocycles. The Bertz CT molecular complexity index is 508. The Labute approximate surface area is 121 Å². The molecule has 1 unspecified atom stereocenters. The topological polar surface area (TPSA) is 69.1 Å².